The molecule has 0 radical (unpaired) electrons. The fraction of sp³-hybridized carbons (Fsp3) is 0.303. The topological polar surface area (TPSA) is 154 Å². The van der Waals surface area contributed by atoms with Gasteiger partial charge in [-0.05, 0) is 49.6 Å². The Bertz CT molecular complexity index is 1700. The Morgan fingerprint density at radius 1 is 0.933 bits per heavy atom. The lowest BCUT2D eigenvalue weighted by atomic mass is 10.00. The SMILES string of the molecule is Cc1cc(CNC[C@@H](O)[C@H](Cc2ccccc2)NC(=O)c2cc(C(=O)N[C@H](C)c3ccccc3)cc(N(C)S(C)(=O)=O)c2)no1. The van der Waals surface area contributed by atoms with Gasteiger partial charge in [0.25, 0.3) is 11.8 Å². The van der Waals surface area contributed by atoms with Crippen molar-refractivity contribution >= 4 is 27.5 Å². The summed E-state index contributed by atoms with van der Waals surface area (Å²) in [4.78, 5) is 27.1. The highest BCUT2D eigenvalue weighted by Gasteiger charge is 2.25. The molecule has 0 aliphatic carbocycles. The van der Waals surface area contributed by atoms with Gasteiger partial charge in [0, 0.05) is 37.3 Å². The zero-order valence-electron chi connectivity index (χ0n) is 25.7. The van der Waals surface area contributed by atoms with E-state index in [9.17, 15) is 23.1 Å². The third-order valence-corrected chi connectivity index (χ3v) is 8.57. The van der Waals surface area contributed by atoms with Crippen LogP contribution in [-0.4, -0.2) is 62.5 Å². The molecule has 0 fully saturated rings. The normalized spacial score (nSPS) is 13.4. The molecule has 4 aromatic rings. The van der Waals surface area contributed by atoms with Crippen LogP contribution in [0.2, 0.25) is 0 Å². The predicted octanol–water partition coefficient (Wildman–Crippen LogP) is 3.36. The molecular formula is C33H39N5O6S. The van der Waals surface area contributed by atoms with Gasteiger partial charge in [0.15, 0.2) is 0 Å². The molecule has 12 heteroatoms. The van der Waals surface area contributed by atoms with E-state index in [2.05, 4.69) is 21.1 Å². The summed E-state index contributed by atoms with van der Waals surface area (Å²) in [5.41, 5.74) is 2.79. The Morgan fingerprint density at radius 3 is 2.11 bits per heavy atom. The summed E-state index contributed by atoms with van der Waals surface area (Å²) >= 11 is 0. The van der Waals surface area contributed by atoms with Crippen LogP contribution >= 0.6 is 0 Å². The summed E-state index contributed by atoms with van der Waals surface area (Å²) in [6, 6.07) is 23.8. The molecule has 0 bridgehead atoms. The van der Waals surface area contributed by atoms with Gasteiger partial charge in [0.2, 0.25) is 10.0 Å². The van der Waals surface area contributed by atoms with E-state index in [0.29, 0.717) is 24.4 Å². The average Bonchev–Trinajstić information content (AvgIpc) is 3.44. The van der Waals surface area contributed by atoms with E-state index >= 15 is 0 Å². The van der Waals surface area contributed by atoms with Gasteiger partial charge in [-0.15, -0.1) is 0 Å². The number of hydrogen-bond donors (Lipinski definition) is 4. The van der Waals surface area contributed by atoms with Crippen LogP contribution in [-0.2, 0) is 23.0 Å². The van der Waals surface area contributed by atoms with Crippen LogP contribution < -0.4 is 20.3 Å². The first-order chi connectivity index (χ1) is 21.4. The van der Waals surface area contributed by atoms with Crippen LogP contribution in [0.3, 0.4) is 0 Å². The molecule has 0 saturated carbocycles. The number of carbonyl (C=O) groups excluding carboxylic acids is 2. The maximum atomic E-state index is 13.7. The molecule has 4 N–H and O–H groups in total. The van der Waals surface area contributed by atoms with Crippen LogP contribution in [0, 0.1) is 6.92 Å². The Morgan fingerprint density at radius 2 is 1.53 bits per heavy atom. The largest absolute Gasteiger partial charge is 0.390 e. The van der Waals surface area contributed by atoms with Gasteiger partial charge in [-0.25, -0.2) is 8.42 Å². The lowest BCUT2D eigenvalue weighted by Gasteiger charge is -2.25. The average molecular weight is 634 g/mol. The third kappa shape index (κ3) is 9.48. The Balaban J connectivity index is 1.58. The molecule has 2 amide bonds. The first-order valence-corrected chi connectivity index (χ1v) is 16.4. The number of aliphatic hydroxyl groups excluding tert-OH is 1. The van der Waals surface area contributed by atoms with Crippen molar-refractivity contribution in [3.63, 3.8) is 0 Å². The van der Waals surface area contributed by atoms with Gasteiger partial charge >= 0.3 is 0 Å². The lowest BCUT2D eigenvalue weighted by molar-refractivity contribution is 0.0829. The first-order valence-electron chi connectivity index (χ1n) is 14.5. The molecule has 0 aliphatic heterocycles. The van der Waals surface area contributed by atoms with Gasteiger partial charge in [0.05, 0.1) is 35.8 Å². The summed E-state index contributed by atoms with van der Waals surface area (Å²) in [6.45, 7) is 4.13. The number of benzene rings is 3. The monoisotopic (exact) mass is 633 g/mol. The third-order valence-electron chi connectivity index (χ3n) is 7.37. The molecule has 45 heavy (non-hydrogen) atoms. The number of aliphatic hydroxyl groups is 1. The summed E-state index contributed by atoms with van der Waals surface area (Å²) in [7, 11) is -2.35. The highest BCUT2D eigenvalue weighted by atomic mass is 32.2. The van der Waals surface area contributed by atoms with Gasteiger partial charge < -0.3 is 25.6 Å². The number of carbonyl (C=O) groups is 2. The molecule has 1 heterocycles. The number of hydrogen-bond acceptors (Lipinski definition) is 8. The second kappa shape index (κ2) is 15.0. The molecule has 0 spiro atoms. The number of anilines is 1. The van der Waals surface area contributed by atoms with Gasteiger partial charge in [-0.3, -0.25) is 13.9 Å². The van der Waals surface area contributed by atoms with Gasteiger partial charge in [-0.2, -0.15) is 0 Å². The van der Waals surface area contributed by atoms with Crippen LogP contribution in [0.15, 0.2) is 89.5 Å². The van der Waals surface area contributed by atoms with Crippen molar-refractivity contribution < 1.29 is 27.6 Å². The summed E-state index contributed by atoms with van der Waals surface area (Å²) < 4.78 is 30.9. The Labute approximate surface area is 263 Å². The van der Waals surface area contributed by atoms with Crippen LogP contribution in [0.25, 0.3) is 0 Å². The van der Waals surface area contributed by atoms with Crippen LogP contribution in [0.1, 0.15) is 56.3 Å². The highest BCUT2D eigenvalue weighted by molar-refractivity contribution is 7.92. The summed E-state index contributed by atoms with van der Waals surface area (Å²) in [5.74, 6) is -0.374. The second-order valence-electron chi connectivity index (χ2n) is 11.0. The fourth-order valence-electron chi connectivity index (χ4n) is 4.75. The Hall–Kier alpha value is -4.52. The standard InChI is InChI=1S/C33H39N5O6S/c1-22-15-28(37-44-22)20-34-21-31(39)30(16-24-11-7-5-8-12-24)36-33(41)27-17-26(18-29(19-27)38(3)45(4,42)43)32(40)35-23(2)25-13-9-6-10-14-25/h5-15,17-19,23,30-31,34,39H,16,20-21H2,1-4H3,(H,35,40)(H,36,41)/t23-,30+,31-/m1/s1. The van der Waals surface area contributed by atoms with E-state index in [4.69, 9.17) is 4.52 Å². The molecule has 0 unspecified atom stereocenters. The molecule has 3 atom stereocenters. The minimum absolute atomic E-state index is 0.0665. The summed E-state index contributed by atoms with van der Waals surface area (Å²) in [5, 5.41) is 24.1. The number of amides is 2. The van der Waals surface area contributed by atoms with Gasteiger partial charge in [-0.1, -0.05) is 65.8 Å². The minimum Gasteiger partial charge on any atom is -0.390 e. The molecule has 1 aromatic heterocycles. The molecule has 0 saturated heterocycles. The molecule has 11 nitrogen and oxygen atoms in total. The quantitative estimate of drug-likeness (QED) is 0.165. The van der Waals surface area contributed by atoms with Gasteiger partial charge in [0.1, 0.15) is 5.76 Å². The second-order valence-corrected chi connectivity index (χ2v) is 13.0. The van der Waals surface area contributed by atoms with Crippen molar-refractivity contribution in [1.82, 2.24) is 21.1 Å². The molecule has 4 rings (SSSR count). The Kier molecular flexibility index (Phi) is 11.1. The molecule has 0 aliphatic rings. The number of nitrogens with one attached hydrogen (secondary N) is 3. The minimum atomic E-state index is -3.71. The number of aromatic nitrogens is 1. The molecule has 3 aromatic carbocycles. The van der Waals surface area contributed by atoms with E-state index in [1.54, 1.807) is 13.0 Å². The van der Waals surface area contributed by atoms with Crippen molar-refractivity contribution in [3.05, 3.63) is 119 Å². The number of nitrogens with zero attached hydrogens (tertiary/aromatic N) is 2. The zero-order valence-corrected chi connectivity index (χ0v) is 26.5. The molecular weight excluding hydrogens is 594 g/mol. The number of aryl methyl sites for hydroxylation is 1. The number of rotatable bonds is 14. The van der Waals surface area contributed by atoms with Crippen molar-refractivity contribution in [2.75, 3.05) is 24.2 Å². The smallest absolute Gasteiger partial charge is 0.251 e. The van der Waals surface area contributed by atoms with Crippen molar-refractivity contribution in [2.45, 2.75) is 45.0 Å². The fourth-order valence-corrected chi connectivity index (χ4v) is 5.23. The number of sulfonamides is 1. The molecule has 238 valence electrons. The zero-order chi connectivity index (χ0) is 32.6. The van der Waals surface area contributed by atoms with E-state index < -0.39 is 34.0 Å². The van der Waals surface area contributed by atoms with E-state index in [-0.39, 0.29) is 29.4 Å². The van der Waals surface area contributed by atoms with Crippen molar-refractivity contribution in [2.24, 2.45) is 0 Å². The van der Waals surface area contributed by atoms with Crippen LogP contribution in [0.4, 0.5) is 5.69 Å². The first kappa shape index (κ1) is 33.4. The van der Waals surface area contributed by atoms with E-state index in [1.807, 2.05) is 67.6 Å². The predicted molar refractivity (Wildman–Crippen MR) is 172 cm³/mol. The van der Waals surface area contributed by atoms with Crippen molar-refractivity contribution in [1.29, 1.82) is 0 Å². The maximum Gasteiger partial charge on any atom is 0.251 e. The van der Waals surface area contributed by atoms with E-state index in [0.717, 1.165) is 21.7 Å². The highest BCUT2D eigenvalue weighted by Crippen LogP contribution is 2.22. The van der Waals surface area contributed by atoms with Crippen molar-refractivity contribution in [3.8, 4) is 0 Å². The lowest BCUT2D eigenvalue weighted by Crippen LogP contribution is -2.48. The summed E-state index contributed by atoms with van der Waals surface area (Å²) in [6.07, 6.45) is 0.360. The maximum absolute atomic E-state index is 13.7. The van der Waals surface area contributed by atoms with Crippen LogP contribution in [0.5, 0.6) is 0 Å². The van der Waals surface area contributed by atoms with E-state index in [1.165, 1.54) is 25.2 Å².